The molecule has 2 atom stereocenters. The van der Waals surface area contributed by atoms with Gasteiger partial charge in [-0.3, -0.25) is 0 Å². The van der Waals surface area contributed by atoms with Crippen molar-refractivity contribution in [1.82, 2.24) is 9.88 Å². The molecule has 32 heavy (non-hydrogen) atoms. The number of aromatic nitrogens is 1. The van der Waals surface area contributed by atoms with E-state index in [-0.39, 0.29) is 24.2 Å². The molecule has 0 radical (unpaired) electrons. The summed E-state index contributed by atoms with van der Waals surface area (Å²) in [5.74, 6) is 0.749. The van der Waals surface area contributed by atoms with Crippen molar-refractivity contribution >= 4 is 17.4 Å². The van der Waals surface area contributed by atoms with Crippen LogP contribution in [0.5, 0.6) is 5.19 Å². The molecule has 0 N–H and O–H groups in total. The number of ether oxygens (including phenoxy) is 3. The number of piperidine rings is 1. The first-order chi connectivity index (χ1) is 15.6. The maximum atomic E-state index is 12.6. The molecule has 1 saturated heterocycles. The molecule has 2 fully saturated rings. The molecule has 1 saturated carbocycles. The summed E-state index contributed by atoms with van der Waals surface area (Å²) >= 11 is 1.56. The Kier molecular flexibility index (Phi) is 7.68. The van der Waals surface area contributed by atoms with E-state index in [4.69, 9.17) is 19.2 Å². The van der Waals surface area contributed by atoms with Crippen molar-refractivity contribution in [2.75, 3.05) is 27.4 Å². The lowest BCUT2D eigenvalue weighted by atomic mass is 9.82. The Morgan fingerprint density at radius 2 is 1.88 bits per heavy atom. The number of nitrogens with zero attached hydrogens (tertiary/aromatic N) is 2. The van der Waals surface area contributed by atoms with Gasteiger partial charge in [-0.2, -0.15) is 0 Å². The Morgan fingerprint density at radius 3 is 2.53 bits per heavy atom. The minimum atomic E-state index is -0.282. The van der Waals surface area contributed by atoms with Gasteiger partial charge in [0.25, 0.3) is 5.19 Å². The second-order valence-corrected chi connectivity index (χ2v) is 9.99. The molecule has 1 aromatic carbocycles. The van der Waals surface area contributed by atoms with E-state index in [1.165, 1.54) is 12.7 Å². The number of carbonyl (C=O) groups is 1. The molecule has 0 spiro atoms. The number of hydrogen-bond acceptors (Lipinski definition) is 6. The van der Waals surface area contributed by atoms with Gasteiger partial charge < -0.3 is 19.1 Å². The van der Waals surface area contributed by atoms with Gasteiger partial charge in [0.2, 0.25) is 0 Å². The first-order valence-corrected chi connectivity index (χ1v) is 12.4. The average Bonchev–Trinajstić information content (AvgIpc) is 3.23. The zero-order chi connectivity index (χ0) is 22.5. The average molecular weight is 459 g/mol. The number of thiazole rings is 1. The van der Waals surface area contributed by atoms with Crippen molar-refractivity contribution in [2.24, 2.45) is 0 Å². The fourth-order valence-electron chi connectivity index (χ4n) is 5.26. The quantitative estimate of drug-likeness (QED) is 0.571. The smallest absolute Gasteiger partial charge is 0.409 e. The van der Waals surface area contributed by atoms with Crippen LogP contribution in [0.4, 0.5) is 4.79 Å². The van der Waals surface area contributed by atoms with Crippen molar-refractivity contribution in [3.8, 4) is 5.19 Å². The van der Waals surface area contributed by atoms with Crippen molar-refractivity contribution in [3.05, 3.63) is 46.5 Å². The van der Waals surface area contributed by atoms with Crippen molar-refractivity contribution in [3.63, 3.8) is 0 Å². The van der Waals surface area contributed by atoms with Crippen LogP contribution in [0.2, 0.25) is 0 Å². The zero-order valence-electron chi connectivity index (χ0n) is 19.3. The maximum Gasteiger partial charge on any atom is 0.409 e. The minimum absolute atomic E-state index is 0.0754. The van der Waals surface area contributed by atoms with Gasteiger partial charge >= 0.3 is 6.09 Å². The first kappa shape index (κ1) is 23.1. The van der Waals surface area contributed by atoms with Gasteiger partial charge in [-0.15, -0.1) is 0 Å². The van der Waals surface area contributed by atoms with Crippen LogP contribution in [0, 0.1) is 6.92 Å². The van der Waals surface area contributed by atoms with Crippen LogP contribution in [0.3, 0.4) is 0 Å². The Hall–Kier alpha value is -2.12. The van der Waals surface area contributed by atoms with E-state index in [9.17, 15) is 4.79 Å². The lowest BCUT2D eigenvalue weighted by Crippen LogP contribution is -2.50. The summed E-state index contributed by atoms with van der Waals surface area (Å²) in [5, 5.41) is 0.673. The van der Waals surface area contributed by atoms with Crippen molar-refractivity contribution in [1.29, 1.82) is 0 Å². The number of rotatable bonds is 6. The third-order valence-corrected chi connectivity index (χ3v) is 7.92. The molecule has 4 rings (SSSR count). The molecule has 6 nitrogen and oxygen atoms in total. The van der Waals surface area contributed by atoms with Crippen molar-refractivity contribution in [2.45, 2.75) is 69.4 Å². The highest BCUT2D eigenvalue weighted by Crippen LogP contribution is 2.39. The lowest BCUT2D eigenvalue weighted by Gasteiger charge is -2.41. The van der Waals surface area contributed by atoms with Crippen LogP contribution in [0.1, 0.15) is 66.5 Å². The number of amides is 1. The Morgan fingerprint density at radius 1 is 1.12 bits per heavy atom. The first-order valence-electron chi connectivity index (χ1n) is 11.6. The fourth-order valence-corrected chi connectivity index (χ4v) is 6.05. The molecule has 1 aliphatic carbocycles. The second kappa shape index (κ2) is 10.7. The SMILES string of the molecule is COC(=O)N1CCCC(c2nc(OC)sc2C)[C@@H]1COC1CCC(c2ccccc2)CC1. The molecule has 2 aromatic rings. The van der Waals surface area contributed by atoms with Gasteiger partial charge in [-0.05, 0) is 56.9 Å². The molecule has 2 aliphatic rings. The molecule has 1 aliphatic heterocycles. The van der Waals surface area contributed by atoms with E-state index >= 15 is 0 Å². The van der Waals surface area contributed by atoms with E-state index in [1.54, 1.807) is 18.4 Å². The Labute approximate surface area is 194 Å². The predicted octanol–water partition coefficient (Wildman–Crippen LogP) is 5.52. The van der Waals surface area contributed by atoms with Gasteiger partial charge in [0.15, 0.2) is 0 Å². The molecule has 174 valence electrons. The van der Waals surface area contributed by atoms with Crippen LogP contribution >= 0.6 is 11.3 Å². The summed E-state index contributed by atoms with van der Waals surface area (Å²) in [6, 6.07) is 10.7. The summed E-state index contributed by atoms with van der Waals surface area (Å²) in [4.78, 5) is 20.3. The molecule has 1 aromatic heterocycles. The third-order valence-electron chi connectivity index (χ3n) is 6.97. The largest absolute Gasteiger partial charge is 0.473 e. The van der Waals surface area contributed by atoms with Crippen LogP contribution in [-0.2, 0) is 9.47 Å². The van der Waals surface area contributed by atoms with Crippen LogP contribution in [-0.4, -0.2) is 55.5 Å². The van der Waals surface area contributed by atoms with Crippen LogP contribution in [0.25, 0.3) is 0 Å². The molecular weight excluding hydrogens is 424 g/mol. The zero-order valence-corrected chi connectivity index (χ0v) is 20.1. The van der Waals surface area contributed by atoms with Gasteiger partial charge in [-0.25, -0.2) is 9.78 Å². The monoisotopic (exact) mass is 458 g/mol. The van der Waals surface area contributed by atoms with Gasteiger partial charge in [0, 0.05) is 17.3 Å². The normalized spacial score (nSPS) is 26.0. The molecule has 0 bridgehead atoms. The van der Waals surface area contributed by atoms with Crippen LogP contribution < -0.4 is 4.74 Å². The van der Waals surface area contributed by atoms with Gasteiger partial charge in [-0.1, -0.05) is 41.7 Å². The third kappa shape index (κ3) is 5.09. The minimum Gasteiger partial charge on any atom is -0.473 e. The topological polar surface area (TPSA) is 60.9 Å². The van der Waals surface area contributed by atoms with E-state index in [0.717, 1.165) is 49.1 Å². The van der Waals surface area contributed by atoms with E-state index in [0.29, 0.717) is 24.3 Å². The fraction of sp³-hybridized carbons (Fsp3) is 0.600. The number of likely N-dealkylation sites (tertiary alicyclic amines) is 1. The number of hydrogen-bond donors (Lipinski definition) is 0. The molecule has 1 unspecified atom stereocenters. The van der Waals surface area contributed by atoms with Gasteiger partial charge in [0.1, 0.15) is 0 Å². The van der Waals surface area contributed by atoms with E-state index in [1.807, 2.05) is 4.90 Å². The maximum absolute atomic E-state index is 12.6. The summed E-state index contributed by atoms with van der Waals surface area (Å²) < 4.78 is 16.9. The summed E-state index contributed by atoms with van der Waals surface area (Å²) in [7, 11) is 3.10. The van der Waals surface area contributed by atoms with Crippen molar-refractivity contribution < 1.29 is 19.0 Å². The number of methoxy groups -OCH3 is 2. The summed E-state index contributed by atoms with van der Waals surface area (Å²) in [5.41, 5.74) is 2.46. The highest BCUT2D eigenvalue weighted by atomic mass is 32.1. The van der Waals surface area contributed by atoms with E-state index in [2.05, 4.69) is 37.3 Å². The molecular formula is C25H34N2O4S. The number of aryl methyl sites for hydroxylation is 1. The van der Waals surface area contributed by atoms with Gasteiger partial charge in [0.05, 0.1) is 38.7 Å². The Bertz CT molecular complexity index is 879. The lowest BCUT2D eigenvalue weighted by molar-refractivity contribution is -0.0242. The molecule has 1 amide bonds. The highest BCUT2D eigenvalue weighted by molar-refractivity contribution is 7.13. The second-order valence-electron chi connectivity index (χ2n) is 8.82. The molecule has 2 heterocycles. The van der Waals surface area contributed by atoms with E-state index < -0.39 is 0 Å². The summed E-state index contributed by atoms with van der Waals surface area (Å²) in [6.45, 7) is 3.29. The molecule has 7 heteroatoms. The predicted molar refractivity (Wildman–Crippen MR) is 126 cm³/mol. The standard InChI is InChI=1S/C25H34N2O4S/c1-17-23(26-24(29-2)32-17)21-10-7-15-27(25(28)30-3)22(21)16-31-20-13-11-19(12-14-20)18-8-5-4-6-9-18/h4-6,8-9,19-22H,7,10-16H2,1-3H3/t19?,20?,21?,22-/m0/s1. The number of benzene rings is 1. The highest BCUT2D eigenvalue weighted by Gasteiger charge is 2.39. The van der Waals surface area contributed by atoms with Crippen LogP contribution in [0.15, 0.2) is 30.3 Å². The Balaban J connectivity index is 1.43. The number of carbonyl (C=O) groups excluding carboxylic acids is 1. The summed E-state index contributed by atoms with van der Waals surface area (Å²) in [6.07, 6.45) is 6.27.